The summed E-state index contributed by atoms with van der Waals surface area (Å²) in [6.45, 7) is 1.77. The molecule has 118 valence electrons. The molecular weight excluding hydrogens is 300 g/mol. The van der Waals surface area contributed by atoms with Crippen molar-refractivity contribution < 1.29 is 27.9 Å². The largest absolute Gasteiger partial charge is 0.481 e. The van der Waals surface area contributed by atoms with E-state index in [0.29, 0.717) is 6.42 Å². The van der Waals surface area contributed by atoms with Gasteiger partial charge < -0.3 is 15.3 Å². The van der Waals surface area contributed by atoms with Crippen molar-refractivity contribution in [2.75, 3.05) is 24.6 Å². The van der Waals surface area contributed by atoms with E-state index in [1.807, 2.05) is 0 Å². The fourth-order valence-corrected chi connectivity index (χ4v) is 3.55. The van der Waals surface area contributed by atoms with Crippen LogP contribution in [0.15, 0.2) is 0 Å². The van der Waals surface area contributed by atoms with E-state index in [9.17, 15) is 22.8 Å². The van der Waals surface area contributed by atoms with Crippen LogP contribution in [0.5, 0.6) is 0 Å². The van der Waals surface area contributed by atoms with Gasteiger partial charge in [0.2, 0.25) is 11.8 Å². The molecule has 9 heteroatoms. The van der Waals surface area contributed by atoms with Crippen molar-refractivity contribution in [3.8, 4) is 0 Å². The summed E-state index contributed by atoms with van der Waals surface area (Å²) in [5.41, 5.74) is 0. The Bertz CT molecular complexity index is 558. The Morgan fingerprint density at radius 3 is 2.24 bits per heavy atom. The molecule has 2 N–H and O–H groups in total. The summed E-state index contributed by atoms with van der Waals surface area (Å²) in [4.78, 5) is 36.0. The van der Waals surface area contributed by atoms with E-state index in [4.69, 9.17) is 5.11 Å². The zero-order chi connectivity index (χ0) is 15.8. The van der Waals surface area contributed by atoms with Crippen LogP contribution in [0.25, 0.3) is 0 Å². The molecule has 2 aliphatic rings. The fourth-order valence-electron chi connectivity index (χ4n) is 2.35. The molecule has 1 aliphatic carbocycles. The van der Waals surface area contributed by atoms with Crippen molar-refractivity contribution >= 4 is 27.6 Å². The van der Waals surface area contributed by atoms with Crippen molar-refractivity contribution in [1.29, 1.82) is 0 Å². The number of amides is 2. The van der Waals surface area contributed by atoms with Gasteiger partial charge in [-0.05, 0) is 13.3 Å². The second-order valence-electron chi connectivity index (χ2n) is 5.49. The number of nitrogens with zero attached hydrogens (tertiary/aromatic N) is 1. The van der Waals surface area contributed by atoms with Crippen molar-refractivity contribution in [3.05, 3.63) is 0 Å². The highest BCUT2D eigenvalue weighted by Crippen LogP contribution is 2.38. The van der Waals surface area contributed by atoms with Crippen molar-refractivity contribution in [2.24, 2.45) is 11.8 Å². The second-order valence-corrected chi connectivity index (χ2v) is 7.80. The van der Waals surface area contributed by atoms with Gasteiger partial charge in [-0.15, -0.1) is 0 Å². The van der Waals surface area contributed by atoms with Crippen LogP contribution in [0.1, 0.15) is 13.3 Å². The Balaban J connectivity index is 1.83. The lowest BCUT2D eigenvalue weighted by molar-refractivity contribution is -0.140. The van der Waals surface area contributed by atoms with E-state index in [-0.39, 0.29) is 30.5 Å². The molecule has 3 unspecified atom stereocenters. The molecule has 21 heavy (non-hydrogen) atoms. The highest BCUT2D eigenvalue weighted by molar-refractivity contribution is 7.91. The average Bonchev–Trinajstić information content (AvgIpc) is 3.18. The molecule has 1 saturated carbocycles. The fraction of sp³-hybridized carbons (Fsp3) is 0.750. The SMILES string of the molecule is CC(NC(=O)C1CC1C(=O)O)C(=O)N1CCS(=O)(=O)CC1. The van der Waals surface area contributed by atoms with Crippen LogP contribution in [-0.4, -0.2) is 66.8 Å². The number of hydrogen-bond acceptors (Lipinski definition) is 5. The maximum absolute atomic E-state index is 12.1. The monoisotopic (exact) mass is 318 g/mol. The lowest BCUT2D eigenvalue weighted by Crippen LogP contribution is -2.52. The summed E-state index contributed by atoms with van der Waals surface area (Å²) < 4.78 is 22.6. The second kappa shape index (κ2) is 5.63. The minimum Gasteiger partial charge on any atom is -0.481 e. The summed E-state index contributed by atoms with van der Waals surface area (Å²) in [7, 11) is -3.06. The maximum atomic E-state index is 12.1. The Morgan fingerprint density at radius 1 is 1.19 bits per heavy atom. The lowest BCUT2D eigenvalue weighted by Gasteiger charge is -2.29. The molecule has 0 aromatic heterocycles. The van der Waals surface area contributed by atoms with Crippen LogP contribution < -0.4 is 5.32 Å². The predicted molar refractivity (Wildman–Crippen MR) is 72.1 cm³/mol. The van der Waals surface area contributed by atoms with Crippen LogP contribution in [0.4, 0.5) is 0 Å². The van der Waals surface area contributed by atoms with Gasteiger partial charge in [0, 0.05) is 13.1 Å². The van der Waals surface area contributed by atoms with E-state index in [2.05, 4.69) is 5.32 Å². The van der Waals surface area contributed by atoms with E-state index < -0.39 is 39.6 Å². The highest BCUT2D eigenvalue weighted by Gasteiger charge is 2.48. The van der Waals surface area contributed by atoms with Crippen LogP contribution in [0, 0.1) is 11.8 Å². The summed E-state index contributed by atoms with van der Waals surface area (Å²) >= 11 is 0. The minimum absolute atomic E-state index is 0.0663. The van der Waals surface area contributed by atoms with Crippen molar-refractivity contribution in [2.45, 2.75) is 19.4 Å². The molecule has 0 spiro atoms. The Hall–Kier alpha value is -1.64. The van der Waals surface area contributed by atoms with Gasteiger partial charge >= 0.3 is 5.97 Å². The first kappa shape index (κ1) is 15.7. The van der Waals surface area contributed by atoms with E-state index >= 15 is 0 Å². The van der Waals surface area contributed by atoms with Gasteiger partial charge in [0.25, 0.3) is 0 Å². The van der Waals surface area contributed by atoms with Crippen LogP contribution in [-0.2, 0) is 24.2 Å². The molecular formula is C12H18N2O6S. The zero-order valence-electron chi connectivity index (χ0n) is 11.6. The average molecular weight is 318 g/mol. The quantitative estimate of drug-likeness (QED) is 0.648. The zero-order valence-corrected chi connectivity index (χ0v) is 12.4. The predicted octanol–water partition coefficient (Wildman–Crippen LogP) is -1.53. The van der Waals surface area contributed by atoms with Gasteiger partial charge in [0.1, 0.15) is 6.04 Å². The molecule has 0 radical (unpaired) electrons. The molecule has 0 aromatic rings. The Labute approximate surface area is 122 Å². The van der Waals surface area contributed by atoms with Gasteiger partial charge in [0.05, 0.1) is 23.3 Å². The van der Waals surface area contributed by atoms with Crippen LogP contribution in [0.2, 0.25) is 0 Å². The molecule has 1 aliphatic heterocycles. The summed E-state index contributed by atoms with van der Waals surface area (Å²) in [5, 5.41) is 11.3. The molecule has 3 atom stereocenters. The summed E-state index contributed by atoms with van der Waals surface area (Å²) in [6.07, 6.45) is 0.296. The number of carbonyl (C=O) groups excluding carboxylic acids is 2. The van der Waals surface area contributed by atoms with Crippen LogP contribution in [0.3, 0.4) is 0 Å². The minimum atomic E-state index is -3.06. The third-order valence-electron chi connectivity index (χ3n) is 3.83. The molecule has 1 saturated heterocycles. The molecule has 0 aromatic carbocycles. The molecule has 2 amide bonds. The number of carbonyl (C=O) groups is 3. The number of carboxylic acids is 1. The van der Waals surface area contributed by atoms with Gasteiger partial charge in [-0.3, -0.25) is 14.4 Å². The summed E-state index contributed by atoms with van der Waals surface area (Å²) in [5.74, 6) is -3.15. The number of aliphatic carboxylic acids is 1. The van der Waals surface area contributed by atoms with Crippen molar-refractivity contribution in [3.63, 3.8) is 0 Å². The first-order valence-electron chi connectivity index (χ1n) is 6.73. The van der Waals surface area contributed by atoms with E-state index in [0.717, 1.165) is 0 Å². The topological polar surface area (TPSA) is 121 Å². The number of rotatable bonds is 4. The normalized spacial score (nSPS) is 28.5. The third kappa shape index (κ3) is 3.72. The molecule has 2 fully saturated rings. The van der Waals surface area contributed by atoms with Gasteiger partial charge in [0.15, 0.2) is 9.84 Å². The molecule has 2 rings (SSSR count). The first-order chi connectivity index (χ1) is 9.71. The van der Waals surface area contributed by atoms with Gasteiger partial charge in [-0.1, -0.05) is 0 Å². The Morgan fingerprint density at radius 2 is 1.76 bits per heavy atom. The van der Waals surface area contributed by atoms with Crippen LogP contribution >= 0.6 is 0 Å². The molecule has 0 bridgehead atoms. The van der Waals surface area contributed by atoms with E-state index in [1.165, 1.54) is 11.8 Å². The van der Waals surface area contributed by atoms with Gasteiger partial charge in [-0.25, -0.2) is 8.42 Å². The Kier molecular flexibility index (Phi) is 4.22. The summed E-state index contributed by atoms with van der Waals surface area (Å²) in [6, 6.07) is -0.784. The number of hydrogen-bond donors (Lipinski definition) is 2. The van der Waals surface area contributed by atoms with Crippen molar-refractivity contribution in [1.82, 2.24) is 10.2 Å². The lowest BCUT2D eigenvalue weighted by atomic mass is 10.2. The molecule has 1 heterocycles. The maximum Gasteiger partial charge on any atom is 0.307 e. The number of carboxylic acid groups (broad SMARTS) is 1. The van der Waals surface area contributed by atoms with Gasteiger partial charge in [-0.2, -0.15) is 0 Å². The number of sulfone groups is 1. The molecule has 8 nitrogen and oxygen atoms in total. The highest BCUT2D eigenvalue weighted by atomic mass is 32.2. The first-order valence-corrected chi connectivity index (χ1v) is 8.56. The smallest absolute Gasteiger partial charge is 0.307 e. The van der Waals surface area contributed by atoms with E-state index in [1.54, 1.807) is 0 Å². The third-order valence-corrected chi connectivity index (χ3v) is 5.44. The number of nitrogens with one attached hydrogen (secondary N) is 1. The standard InChI is InChI=1S/C12H18N2O6S/c1-7(13-10(15)8-6-9(8)12(17)18)11(16)14-2-4-21(19,20)5-3-14/h7-9H,2-6H2,1H3,(H,13,15)(H,17,18).